The molecule has 3 nitrogen and oxygen atoms in total. The maximum Gasteiger partial charge on any atom is 0.0587 e. The number of likely N-dealkylation sites (tertiary alicyclic amines) is 1. The summed E-state index contributed by atoms with van der Waals surface area (Å²) in [5, 5.41) is 12.5. The van der Waals surface area contributed by atoms with Gasteiger partial charge in [0, 0.05) is 18.6 Å². The molecule has 2 rings (SSSR count). The summed E-state index contributed by atoms with van der Waals surface area (Å²) in [6.45, 7) is 3.81. The van der Waals surface area contributed by atoms with E-state index in [4.69, 9.17) is 5.11 Å². The lowest BCUT2D eigenvalue weighted by Gasteiger charge is -2.28. The number of aliphatic hydroxyl groups excluding tert-OH is 1. The molecule has 0 amide bonds. The van der Waals surface area contributed by atoms with Gasteiger partial charge in [-0.15, -0.1) is 0 Å². The van der Waals surface area contributed by atoms with Crippen molar-refractivity contribution in [3.05, 3.63) is 0 Å². The van der Waals surface area contributed by atoms with Gasteiger partial charge in [0.25, 0.3) is 0 Å². The smallest absolute Gasteiger partial charge is 0.0587 e. The summed E-state index contributed by atoms with van der Waals surface area (Å²) in [6, 6.07) is 1.15. The molecule has 2 aliphatic heterocycles. The fourth-order valence-electron chi connectivity index (χ4n) is 2.46. The van der Waals surface area contributed by atoms with Crippen molar-refractivity contribution in [1.29, 1.82) is 0 Å². The van der Waals surface area contributed by atoms with Gasteiger partial charge in [-0.3, -0.25) is 4.90 Å². The van der Waals surface area contributed by atoms with E-state index in [1.54, 1.807) is 0 Å². The van der Waals surface area contributed by atoms with Gasteiger partial charge in [-0.1, -0.05) is 0 Å². The molecule has 2 aliphatic rings. The highest BCUT2D eigenvalue weighted by atomic mass is 16.3. The molecular weight excluding hydrogens is 152 g/mol. The van der Waals surface area contributed by atoms with Crippen molar-refractivity contribution in [2.45, 2.75) is 31.3 Å². The highest BCUT2D eigenvalue weighted by molar-refractivity contribution is 4.88. The molecule has 1 unspecified atom stereocenters. The third-order valence-corrected chi connectivity index (χ3v) is 3.14. The molecule has 0 radical (unpaired) electrons. The van der Waals surface area contributed by atoms with Crippen molar-refractivity contribution >= 4 is 0 Å². The molecule has 2 fully saturated rings. The van der Waals surface area contributed by atoms with E-state index in [0.717, 1.165) is 13.1 Å². The van der Waals surface area contributed by atoms with E-state index in [1.807, 2.05) is 0 Å². The van der Waals surface area contributed by atoms with Gasteiger partial charge < -0.3 is 10.4 Å². The second-order valence-electron chi connectivity index (χ2n) is 3.86. The summed E-state index contributed by atoms with van der Waals surface area (Å²) < 4.78 is 0. The second-order valence-corrected chi connectivity index (χ2v) is 3.86. The van der Waals surface area contributed by atoms with Gasteiger partial charge in [0.2, 0.25) is 0 Å². The molecule has 3 heteroatoms. The van der Waals surface area contributed by atoms with Crippen molar-refractivity contribution in [3.63, 3.8) is 0 Å². The number of hydrogen-bond donors (Lipinski definition) is 2. The Bertz CT molecular complexity index is 145. The van der Waals surface area contributed by atoms with Gasteiger partial charge >= 0.3 is 0 Å². The van der Waals surface area contributed by atoms with Crippen LogP contribution in [-0.4, -0.2) is 48.3 Å². The van der Waals surface area contributed by atoms with Crippen molar-refractivity contribution in [2.24, 2.45) is 0 Å². The van der Waals surface area contributed by atoms with Crippen molar-refractivity contribution in [1.82, 2.24) is 10.2 Å². The summed E-state index contributed by atoms with van der Waals surface area (Å²) in [7, 11) is 0. The molecular formula is C9H18N2O. The number of aliphatic hydroxyl groups is 1. The molecule has 0 aromatic carbocycles. The zero-order chi connectivity index (χ0) is 8.39. The minimum Gasteiger partial charge on any atom is -0.395 e. The zero-order valence-corrected chi connectivity index (χ0v) is 7.50. The molecule has 2 N–H and O–H groups in total. The maximum atomic E-state index is 9.13. The Morgan fingerprint density at radius 2 is 2.33 bits per heavy atom. The van der Waals surface area contributed by atoms with Gasteiger partial charge in [-0.25, -0.2) is 0 Å². The first-order valence-electron chi connectivity index (χ1n) is 4.99. The number of nitrogens with one attached hydrogen (secondary N) is 1. The van der Waals surface area contributed by atoms with E-state index in [1.165, 1.54) is 25.8 Å². The van der Waals surface area contributed by atoms with Crippen LogP contribution in [0.25, 0.3) is 0 Å². The minimum absolute atomic E-state index is 0.344. The van der Waals surface area contributed by atoms with E-state index < -0.39 is 0 Å². The van der Waals surface area contributed by atoms with Gasteiger partial charge in [0.05, 0.1) is 6.61 Å². The summed E-state index contributed by atoms with van der Waals surface area (Å²) in [5.74, 6) is 0. The van der Waals surface area contributed by atoms with E-state index in [0.29, 0.717) is 18.7 Å². The lowest BCUT2D eigenvalue weighted by Crippen LogP contribution is -2.41. The molecule has 2 saturated heterocycles. The van der Waals surface area contributed by atoms with Crippen LogP contribution in [-0.2, 0) is 0 Å². The van der Waals surface area contributed by atoms with Crippen LogP contribution in [0.3, 0.4) is 0 Å². The first kappa shape index (κ1) is 8.48. The number of hydrogen-bond acceptors (Lipinski definition) is 3. The molecule has 0 aromatic heterocycles. The number of rotatable bonds is 2. The van der Waals surface area contributed by atoms with Crippen molar-refractivity contribution in [3.8, 4) is 0 Å². The quantitative estimate of drug-likeness (QED) is 0.603. The molecule has 0 bridgehead atoms. The molecule has 2 atom stereocenters. The summed E-state index contributed by atoms with van der Waals surface area (Å²) in [4.78, 5) is 2.49. The van der Waals surface area contributed by atoms with Crippen LogP contribution in [0.5, 0.6) is 0 Å². The van der Waals surface area contributed by atoms with Gasteiger partial charge in [-0.2, -0.15) is 0 Å². The molecule has 0 spiro atoms. The second kappa shape index (κ2) is 3.73. The van der Waals surface area contributed by atoms with Crippen LogP contribution in [0, 0.1) is 0 Å². The van der Waals surface area contributed by atoms with Crippen LogP contribution < -0.4 is 5.32 Å². The maximum absolute atomic E-state index is 9.13. The molecule has 70 valence electrons. The predicted octanol–water partition coefficient (Wildman–Crippen LogP) is -0.195. The topological polar surface area (TPSA) is 35.5 Å². The van der Waals surface area contributed by atoms with Crippen molar-refractivity contribution in [2.75, 3.05) is 26.2 Å². The van der Waals surface area contributed by atoms with Crippen LogP contribution in [0.2, 0.25) is 0 Å². The standard InChI is InChI=1S/C9H18N2O/c12-7-9-2-1-5-11(9)8-3-4-10-6-8/h8-10,12H,1-7H2/t8?,9-/m1/s1. The first-order chi connectivity index (χ1) is 5.92. The van der Waals surface area contributed by atoms with E-state index in [-0.39, 0.29) is 0 Å². The molecule has 12 heavy (non-hydrogen) atoms. The first-order valence-corrected chi connectivity index (χ1v) is 4.99. The summed E-state index contributed by atoms with van der Waals surface area (Å²) in [5.41, 5.74) is 0. The minimum atomic E-state index is 0.344. The average molecular weight is 170 g/mol. The Kier molecular flexibility index (Phi) is 2.63. The van der Waals surface area contributed by atoms with Gasteiger partial charge in [-0.05, 0) is 32.4 Å². The Morgan fingerprint density at radius 1 is 1.42 bits per heavy atom. The van der Waals surface area contributed by atoms with Crippen LogP contribution in [0.15, 0.2) is 0 Å². The Hall–Kier alpha value is -0.120. The average Bonchev–Trinajstić information content (AvgIpc) is 2.74. The van der Waals surface area contributed by atoms with Crippen LogP contribution in [0.1, 0.15) is 19.3 Å². The zero-order valence-electron chi connectivity index (χ0n) is 7.50. The summed E-state index contributed by atoms with van der Waals surface area (Å²) >= 11 is 0. The van der Waals surface area contributed by atoms with E-state index in [2.05, 4.69) is 10.2 Å². The molecule has 0 aliphatic carbocycles. The van der Waals surface area contributed by atoms with E-state index >= 15 is 0 Å². The molecule has 2 heterocycles. The third kappa shape index (κ3) is 1.49. The Morgan fingerprint density at radius 3 is 3.00 bits per heavy atom. The lowest BCUT2D eigenvalue weighted by molar-refractivity contribution is 0.126. The fraction of sp³-hybridized carbons (Fsp3) is 1.00. The van der Waals surface area contributed by atoms with Crippen LogP contribution >= 0.6 is 0 Å². The third-order valence-electron chi connectivity index (χ3n) is 3.14. The fourth-order valence-corrected chi connectivity index (χ4v) is 2.46. The SMILES string of the molecule is OC[C@H]1CCCN1C1CCNC1. The van der Waals surface area contributed by atoms with E-state index in [9.17, 15) is 0 Å². The Balaban J connectivity index is 1.92. The van der Waals surface area contributed by atoms with Gasteiger partial charge in [0.15, 0.2) is 0 Å². The molecule has 0 saturated carbocycles. The Labute approximate surface area is 73.8 Å². The predicted molar refractivity (Wildman–Crippen MR) is 48.1 cm³/mol. The lowest BCUT2D eigenvalue weighted by atomic mass is 10.2. The summed E-state index contributed by atoms with van der Waals surface area (Å²) in [6.07, 6.45) is 3.71. The number of nitrogens with zero attached hydrogens (tertiary/aromatic N) is 1. The largest absolute Gasteiger partial charge is 0.395 e. The van der Waals surface area contributed by atoms with Gasteiger partial charge in [0.1, 0.15) is 0 Å². The highest BCUT2D eigenvalue weighted by Gasteiger charge is 2.31. The monoisotopic (exact) mass is 170 g/mol. The molecule has 0 aromatic rings. The normalized spacial score (nSPS) is 37.8. The van der Waals surface area contributed by atoms with Crippen LogP contribution in [0.4, 0.5) is 0 Å². The van der Waals surface area contributed by atoms with Crippen molar-refractivity contribution < 1.29 is 5.11 Å². The highest BCUT2D eigenvalue weighted by Crippen LogP contribution is 2.22.